The van der Waals surface area contributed by atoms with Gasteiger partial charge in [-0.25, -0.2) is 9.97 Å². The average molecular weight is 144 g/mol. The first kappa shape index (κ1) is 7.63. The SMILES string of the molecule is [N].c1cnc2ncccc2c1. The Labute approximate surface area is 64.7 Å². The van der Waals surface area contributed by atoms with Crippen molar-refractivity contribution in [3.8, 4) is 0 Å². The maximum Gasteiger partial charge on any atom is 0.159 e. The molecule has 2 rings (SSSR count). The monoisotopic (exact) mass is 144 g/mol. The van der Waals surface area contributed by atoms with E-state index in [1.165, 1.54) is 0 Å². The summed E-state index contributed by atoms with van der Waals surface area (Å²) in [5, 5.41) is 1.09. The molecule has 2 heterocycles. The normalized spacial score (nSPS) is 9.09. The highest BCUT2D eigenvalue weighted by Crippen LogP contribution is 2.04. The van der Waals surface area contributed by atoms with E-state index in [4.69, 9.17) is 0 Å². The fraction of sp³-hybridized carbons (Fsp3) is 0. The first-order chi connectivity index (χ1) is 4.97. The molecule has 0 aliphatic carbocycles. The summed E-state index contributed by atoms with van der Waals surface area (Å²) in [4.78, 5) is 8.14. The maximum absolute atomic E-state index is 4.07. The number of nitrogens with zero attached hydrogens (tertiary/aromatic N) is 3. The van der Waals surface area contributed by atoms with Crippen LogP contribution in [0.3, 0.4) is 0 Å². The Morgan fingerprint density at radius 2 is 1.45 bits per heavy atom. The minimum Gasteiger partial charge on any atom is -0.237 e. The van der Waals surface area contributed by atoms with Crippen LogP contribution in [0.1, 0.15) is 0 Å². The molecule has 0 saturated carbocycles. The lowest BCUT2D eigenvalue weighted by atomic mass is 10.3. The van der Waals surface area contributed by atoms with Crippen LogP contribution in [0.4, 0.5) is 0 Å². The summed E-state index contributed by atoms with van der Waals surface area (Å²) in [6, 6.07) is 7.80. The predicted octanol–water partition coefficient (Wildman–Crippen LogP) is 1.15. The smallest absolute Gasteiger partial charge is 0.159 e. The zero-order valence-electron chi connectivity index (χ0n) is 5.81. The first-order valence-electron chi connectivity index (χ1n) is 3.12. The predicted molar refractivity (Wildman–Crippen MR) is 41.7 cm³/mol. The van der Waals surface area contributed by atoms with Crippen LogP contribution in [-0.2, 0) is 0 Å². The van der Waals surface area contributed by atoms with Crippen LogP contribution in [0.2, 0.25) is 0 Å². The third-order valence-electron chi connectivity index (χ3n) is 1.38. The van der Waals surface area contributed by atoms with Crippen molar-refractivity contribution in [3.63, 3.8) is 0 Å². The number of hydrogen-bond donors (Lipinski definition) is 0. The lowest BCUT2D eigenvalue weighted by Crippen LogP contribution is -1.78. The van der Waals surface area contributed by atoms with Crippen LogP contribution in [0, 0.1) is 0 Å². The van der Waals surface area contributed by atoms with E-state index in [2.05, 4.69) is 9.97 Å². The number of hydrogen-bond acceptors (Lipinski definition) is 2. The highest BCUT2D eigenvalue weighted by molar-refractivity contribution is 5.73. The highest BCUT2D eigenvalue weighted by atomic mass is 14.8. The van der Waals surface area contributed by atoms with Crippen LogP contribution < -0.4 is 6.15 Å². The van der Waals surface area contributed by atoms with E-state index in [-0.39, 0.29) is 6.15 Å². The van der Waals surface area contributed by atoms with E-state index in [0.717, 1.165) is 11.0 Å². The summed E-state index contributed by atoms with van der Waals surface area (Å²) in [5.74, 6) is 0. The fourth-order valence-corrected chi connectivity index (χ4v) is 0.908. The van der Waals surface area contributed by atoms with Gasteiger partial charge in [0.25, 0.3) is 0 Å². The van der Waals surface area contributed by atoms with Crippen molar-refractivity contribution >= 4 is 11.0 Å². The van der Waals surface area contributed by atoms with E-state index >= 15 is 0 Å². The van der Waals surface area contributed by atoms with E-state index in [1.54, 1.807) is 12.4 Å². The molecular weight excluding hydrogens is 138 g/mol. The number of aromatic nitrogens is 2. The second kappa shape index (κ2) is 3.07. The van der Waals surface area contributed by atoms with Gasteiger partial charge in [-0.3, -0.25) is 0 Å². The Morgan fingerprint density at radius 3 is 1.91 bits per heavy atom. The molecule has 3 nitrogen and oxygen atoms in total. The molecule has 0 spiro atoms. The third-order valence-corrected chi connectivity index (χ3v) is 1.38. The van der Waals surface area contributed by atoms with Crippen LogP contribution >= 0.6 is 0 Å². The second-order valence-electron chi connectivity index (χ2n) is 2.05. The van der Waals surface area contributed by atoms with Gasteiger partial charge < -0.3 is 0 Å². The topological polar surface area (TPSA) is 56.3 Å². The summed E-state index contributed by atoms with van der Waals surface area (Å²) in [6.07, 6.45) is 3.49. The summed E-state index contributed by atoms with van der Waals surface area (Å²) in [7, 11) is 0. The average Bonchev–Trinajstić information content (AvgIpc) is 2.05. The molecule has 0 N–H and O–H groups in total. The van der Waals surface area contributed by atoms with Crippen molar-refractivity contribution in [1.29, 1.82) is 0 Å². The van der Waals surface area contributed by atoms with Crippen molar-refractivity contribution in [3.05, 3.63) is 36.7 Å². The van der Waals surface area contributed by atoms with Gasteiger partial charge in [0.15, 0.2) is 5.65 Å². The van der Waals surface area contributed by atoms with Crippen LogP contribution in [0.5, 0.6) is 0 Å². The van der Waals surface area contributed by atoms with Gasteiger partial charge in [0.05, 0.1) is 0 Å². The van der Waals surface area contributed by atoms with Crippen molar-refractivity contribution < 1.29 is 0 Å². The van der Waals surface area contributed by atoms with E-state index in [9.17, 15) is 0 Å². The molecule has 0 aliphatic rings. The minimum atomic E-state index is 0. The summed E-state index contributed by atoms with van der Waals surface area (Å²) in [6.45, 7) is 0. The van der Waals surface area contributed by atoms with Crippen LogP contribution in [0.15, 0.2) is 36.7 Å². The van der Waals surface area contributed by atoms with Gasteiger partial charge in [0.1, 0.15) is 0 Å². The minimum absolute atomic E-state index is 0. The summed E-state index contributed by atoms with van der Waals surface area (Å²) >= 11 is 0. The molecule has 0 fully saturated rings. The van der Waals surface area contributed by atoms with Gasteiger partial charge in [-0.1, -0.05) is 0 Å². The number of rotatable bonds is 0. The molecule has 2 aromatic rings. The molecular formula is C8H6N3. The maximum atomic E-state index is 4.07. The van der Waals surface area contributed by atoms with E-state index in [1.807, 2.05) is 24.3 Å². The van der Waals surface area contributed by atoms with Crippen LogP contribution in [0.25, 0.3) is 11.0 Å². The Morgan fingerprint density at radius 1 is 0.909 bits per heavy atom. The molecule has 3 radical (unpaired) electrons. The lowest BCUT2D eigenvalue weighted by Gasteiger charge is -1.90. The van der Waals surface area contributed by atoms with Crippen molar-refractivity contribution in [2.45, 2.75) is 0 Å². The van der Waals surface area contributed by atoms with Crippen molar-refractivity contribution in [2.24, 2.45) is 0 Å². The quantitative estimate of drug-likeness (QED) is 0.556. The molecule has 3 heteroatoms. The lowest BCUT2D eigenvalue weighted by molar-refractivity contribution is 1.29. The fourth-order valence-electron chi connectivity index (χ4n) is 0.908. The van der Waals surface area contributed by atoms with Gasteiger partial charge in [0, 0.05) is 23.9 Å². The Balaban J connectivity index is 0.000000605. The Bertz CT molecular complexity index is 280. The molecule has 0 saturated heterocycles. The van der Waals surface area contributed by atoms with Crippen molar-refractivity contribution in [2.75, 3.05) is 0 Å². The van der Waals surface area contributed by atoms with Gasteiger partial charge in [0.2, 0.25) is 0 Å². The Hall–Kier alpha value is -1.48. The zero-order valence-corrected chi connectivity index (χ0v) is 5.81. The summed E-state index contributed by atoms with van der Waals surface area (Å²) in [5.41, 5.74) is 0.810. The first-order valence-corrected chi connectivity index (χ1v) is 3.12. The molecule has 53 valence electrons. The molecule has 0 aliphatic heterocycles. The molecule has 0 atom stereocenters. The number of pyridine rings is 2. The Kier molecular flexibility index (Phi) is 2.13. The van der Waals surface area contributed by atoms with Gasteiger partial charge in [-0.15, -0.1) is 0 Å². The highest BCUT2D eigenvalue weighted by Gasteiger charge is 1.88. The molecule has 0 aromatic carbocycles. The summed E-state index contributed by atoms with van der Waals surface area (Å²) < 4.78 is 0. The largest absolute Gasteiger partial charge is 0.237 e. The van der Waals surface area contributed by atoms with Crippen LogP contribution in [-0.4, -0.2) is 9.97 Å². The van der Waals surface area contributed by atoms with Crippen molar-refractivity contribution in [1.82, 2.24) is 16.1 Å². The second-order valence-corrected chi connectivity index (χ2v) is 2.05. The van der Waals surface area contributed by atoms with Gasteiger partial charge in [-0.2, -0.15) is 0 Å². The molecule has 11 heavy (non-hydrogen) atoms. The molecule has 0 unspecified atom stereocenters. The molecule has 0 amide bonds. The molecule has 0 bridgehead atoms. The standard InChI is InChI=1S/C8H6N2.N/c1-3-7-4-2-6-10-8(7)9-5-1;/h1-6H;. The van der Waals surface area contributed by atoms with Gasteiger partial charge >= 0.3 is 0 Å². The zero-order chi connectivity index (χ0) is 6.81. The van der Waals surface area contributed by atoms with Gasteiger partial charge in [-0.05, 0) is 24.3 Å². The number of fused-ring (bicyclic) bond motifs is 1. The third kappa shape index (κ3) is 1.33. The van der Waals surface area contributed by atoms with E-state index in [0.29, 0.717) is 0 Å². The molecule has 2 aromatic heterocycles. The van der Waals surface area contributed by atoms with E-state index < -0.39 is 0 Å².